The van der Waals surface area contributed by atoms with E-state index in [2.05, 4.69) is 39.2 Å². The molecule has 0 aliphatic carbocycles. The Labute approximate surface area is 70.2 Å². The minimum atomic E-state index is 0.500. The van der Waals surface area contributed by atoms with Crippen molar-refractivity contribution < 1.29 is 0 Å². The molecular formula is C10H19N. The molecule has 1 heteroatoms. The maximum Gasteiger partial charge on any atom is 0.0263 e. The highest BCUT2D eigenvalue weighted by atomic mass is 14.9. The van der Waals surface area contributed by atoms with E-state index in [9.17, 15) is 0 Å². The van der Waals surface area contributed by atoms with Gasteiger partial charge in [0.1, 0.15) is 0 Å². The van der Waals surface area contributed by atoms with E-state index in [1.54, 1.807) is 6.08 Å². The first kappa shape index (κ1) is 10.3. The van der Waals surface area contributed by atoms with Crippen LogP contribution < -0.4 is 5.32 Å². The summed E-state index contributed by atoms with van der Waals surface area (Å²) in [5, 5.41) is 3.25. The molecule has 1 N–H and O–H groups in total. The second-order valence-electron chi connectivity index (χ2n) is 3.40. The van der Waals surface area contributed by atoms with Gasteiger partial charge in [0.2, 0.25) is 0 Å². The fourth-order valence-electron chi connectivity index (χ4n) is 1.14. The van der Waals surface area contributed by atoms with Gasteiger partial charge in [-0.2, -0.15) is 0 Å². The summed E-state index contributed by atoms with van der Waals surface area (Å²) in [4.78, 5) is 0. The van der Waals surface area contributed by atoms with Crippen molar-refractivity contribution in [2.24, 2.45) is 5.92 Å². The minimum Gasteiger partial charge on any atom is -0.383 e. The van der Waals surface area contributed by atoms with Crippen LogP contribution in [0.1, 0.15) is 27.2 Å². The summed E-state index contributed by atoms with van der Waals surface area (Å²) < 4.78 is 0. The molecule has 0 saturated heterocycles. The Morgan fingerprint density at radius 2 is 2.00 bits per heavy atom. The molecule has 1 nitrogen and oxygen atoms in total. The lowest BCUT2D eigenvalue weighted by Gasteiger charge is -2.16. The molecule has 0 bridgehead atoms. The summed E-state index contributed by atoms with van der Waals surface area (Å²) in [7, 11) is 0. The van der Waals surface area contributed by atoms with Crippen LogP contribution in [0.4, 0.5) is 0 Å². The Morgan fingerprint density at radius 3 is 2.36 bits per heavy atom. The highest BCUT2D eigenvalue weighted by molar-refractivity contribution is 5.08. The van der Waals surface area contributed by atoms with Crippen LogP contribution in [-0.2, 0) is 0 Å². The number of nitrogens with one attached hydrogen (secondary N) is 1. The molecule has 0 heterocycles. The van der Waals surface area contributed by atoms with Crippen LogP contribution in [0, 0.1) is 5.92 Å². The zero-order valence-electron chi connectivity index (χ0n) is 7.85. The maximum atomic E-state index is 3.79. The third kappa shape index (κ3) is 5.71. The highest BCUT2D eigenvalue weighted by Gasteiger charge is 2.02. The zero-order chi connectivity index (χ0) is 8.85. The second kappa shape index (κ2) is 5.00. The summed E-state index contributed by atoms with van der Waals surface area (Å²) in [6.07, 6.45) is 2.92. The van der Waals surface area contributed by atoms with Gasteiger partial charge in [-0.25, -0.2) is 0 Å². The highest BCUT2D eigenvalue weighted by Crippen LogP contribution is 2.04. The molecule has 0 spiro atoms. The largest absolute Gasteiger partial charge is 0.383 e. The smallest absolute Gasteiger partial charge is 0.0263 e. The first-order valence-corrected chi connectivity index (χ1v) is 4.14. The van der Waals surface area contributed by atoms with Gasteiger partial charge in [-0.05, 0) is 25.3 Å². The Bertz CT molecular complexity index is 136. The Kier molecular flexibility index (Phi) is 4.67. The van der Waals surface area contributed by atoms with Crippen LogP contribution in [0.5, 0.6) is 0 Å². The number of rotatable bonds is 5. The molecular weight excluding hydrogens is 134 g/mol. The van der Waals surface area contributed by atoms with Crippen molar-refractivity contribution in [2.75, 3.05) is 0 Å². The fourth-order valence-corrected chi connectivity index (χ4v) is 1.14. The van der Waals surface area contributed by atoms with E-state index in [0.717, 1.165) is 11.6 Å². The lowest BCUT2D eigenvalue weighted by Crippen LogP contribution is -2.25. The van der Waals surface area contributed by atoms with Gasteiger partial charge in [0.25, 0.3) is 0 Å². The molecule has 0 fully saturated rings. The molecule has 0 aliphatic rings. The third-order valence-electron chi connectivity index (χ3n) is 1.50. The quantitative estimate of drug-likeness (QED) is 0.599. The first-order chi connectivity index (χ1) is 5.06. The van der Waals surface area contributed by atoms with Crippen molar-refractivity contribution in [3.8, 4) is 0 Å². The standard InChI is InChI=1S/C10H19N/c1-6-9(4)11-10(5)7-8(2)3/h6,8,10-11H,1,4,7H2,2-3,5H3. The van der Waals surface area contributed by atoms with Crippen LogP contribution in [0.2, 0.25) is 0 Å². The Hall–Kier alpha value is -0.720. The number of allylic oxidation sites excluding steroid dienone is 1. The van der Waals surface area contributed by atoms with Crippen LogP contribution in [0.3, 0.4) is 0 Å². The topological polar surface area (TPSA) is 12.0 Å². The van der Waals surface area contributed by atoms with Gasteiger partial charge in [0.15, 0.2) is 0 Å². The molecule has 1 unspecified atom stereocenters. The lowest BCUT2D eigenvalue weighted by atomic mass is 10.1. The van der Waals surface area contributed by atoms with E-state index < -0.39 is 0 Å². The second-order valence-corrected chi connectivity index (χ2v) is 3.40. The predicted octanol–water partition coefficient (Wildman–Crippen LogP) is 2.71. The summed E-state index contributed by atoms with van der Waals surface area (Å²) >= 11 is 0. The summed E-state index contributed by atoms with van der Waals surface area (Å²) in [6.45, 7) is 14.0. The van der Waals surface area contributed by atoms with E-state index in [1.807, 2.05) is 0 Å². The molecule has 1 atom stereocenters. The number of hydrogen-bond donors (Lipinski definition) is 1. The first-order valence-electron chi connectivity index (χ1n) is 4.14. The molecule has 64 valence electrons. The third-order valence-corrected chi connectivity index (χ3v) is 1.50. The SMILES string of the molecule is C=CC(=C)NC(C)CC(C)C. The van der Waals surface area contributed by atoms with Crippen molar-refractivity contribution in [1.29, 1.82) is 0 Å². The zero-order valence-corrected chi connectivity index (χ0v) is 7.85. The van der Waals surface area contributed by atoms with Gasteiger partial charge >= 0.3 is 0 Å². The van der Waals surface area contributed by atoms with Crippen molar-refractivity contribution in [2.45, 2.75) is 33.2 Å². The van der Waals surface area contributed by atoms with Crippen LogP contribution in [0.15, 0.2) is 24.9 Å². The van der Waals surface area contributed by atoms with Gasteiger partial charge in [0.05, 0.1) is 0 Å². The molecule has 0 aromatic heterocycles. The summed E-state index contributed by atoms with van der Waals surface area (Å²) in [5.41, 5.74) is 0.915. The van der Waals surface area contributed by atoms with Gasteiger partial charge in [-0.3, -0.25) is 0 Å². The Balaban J connectivity index is 3.59. The van der Waals surface area contributed by atoms with Crippen molar-refractivity contribution in [1.82, 2.24) is 5.32 Å². The van der Waals surface area contributed by atoms with Gasteiger partial charge in [-0.1, -0.05) is 27.0 Å². The van der Waals surface area contributed by atoms with E-state index in [-0.39, 0.29) is 0 Å². The van der Waals surface area contributed by atoms with Gasteiger partial charge < -0.3 is 5.32 Å². The van der Waals surface area contributed by atoms with E-state index in [1.165, 1.54) is 6.42 Å². The molecule has 0 amide bonds. The fraction of sp³-hybridized carbons (Fsp3) is 0.600. The molecule has 0 aromatic carbocycles. The number of hydrogen-bond acceptors (Lipinski definition) is 1. The normalized spacial score (nSPS) is 12.7. The lowest BCUT2D eigenvalue weighted by molar-refractivity contribution is 0.475. The predicted molar refractivity (Wildman–Crippen MR) is 51.4 cm³/mol. The minimum absolute atomic E-state index is 0.500. The van der Waals surface area contributed by atoms with Crippen molar-refractivity contribution >= 4 is 0 Å². The van der Waals surface area contributed by atoms with Crippen molar-refractivity contribution in [3.63, 3.8) is 0 Å². The molecule has 0 radical (unpaired) electrons. The van der Waals surface area contributed by atoms with Gasteiger partial charge in [-0.15, -0.1) is 0 Å². The van der Waals surface area contributed by atoms with Crippen molar-refractivity contribution in [3.05, 3.63) is 24.9 Å². The summed E-state index contributed by atoms with van der Waals surface area (Å²) in [5.74, 6) is 0.732. The van der Waals surface area contributed by atoms with E-state index in [4.69, 9.17) is 0 Å². The van der Waals surface area contributed by atoms with E-state index >= 15 is 0 Å². The van der Waals surface area contributed by atoms with Crippen LogP contribution in [0.25, 0.3) is 0 Å². The van der Waals surface area contributed by atoms with Crippen LogP contribution in [-0.4, -0.2) is 6.04 Å². The molecule has 0 rings (SSSR count). The molecule has 11 heavy (non-hydrogen) atoms. The Morgan fingerprint density at radius 1 is 1.45 bits per heavy atom. The molecule has 0 saturated carbocycles. The average Bonchev–Trinajstić information content (AvgIpc) is 1.85. The molecule has 0 aromatic rings. The average molecular weight is 153 g/mol. The van der Waals surface area contributed by atoms with Crippen LogP contribution >= 0.6 is 0 Å². The van der Waals surface area contributed by atoms with Gasteiger partial charge in [0, 0.05) is 11.7 Å². The monoisotopic (exact) mass is 153 g/mol. The molecule has 0 aliphatic heterocycles. The summed E-state index contributed by atoms with van der Waals surface area (Å²) in [6, 6.07) is 0.500. The maximum absolute atomic E-state index is 3.79. The van der Waals surface area contributed by atoms with E-state index in [0.29, 0.717) is 6.04 Å².